The smallest absolute Gasteiger partial charge is 0.227 e. The molecule has 1 amide bonds. The highest BCUT2D eigenvalue weighted by atomic mass is 19.1. The molecule has 5 heteroatoms. The fourth-order valence-corrected chi connectivity index (χ4v) is 3.43. The Bertz CT molecular complexity index is 739. The van der Waals surface area contributed by atoms with E-state index in [2.05, 4.69) is 9.97 Å². The standard InChI is InChI=1S/C19H22FN3O/c1-13-11-14(2)22-18(21-13)19(3)9-4-10-23(19)17(24)12-15-5-7-16(20)8-6-15/h5-8,11H,4,9-10,12H2,1-3H3. The van der Waals surface area contributed by atoms with Gasteiger partial charge in [-0.2, -0.15) is 0 Å². The van der Waals surface area contributed by atoms with Crippen molar-refractivity contribution in [2.45, 2.75) is 45.6 Å². The van der Waals surface area contributed by atoms with Crippen LogP contribution in [0.15, 0.2) is 30.3 Å². The highest BCUT2D eigenvalue weighted by Gasteiger charge is 2.43. The largest absolute Gasteiger partial charge is 0.330 e. The van der Waals surface area contributed by atoms with Gasteiger partial charge in [-0.15, -0.1) is 0 Å². The van der Waals surface area contributed by atoms with E-state index in [0.717, 1.165) is 29.8 Å². The van der Waals surface area contributed by atoms with Gasteiger partial charge in [-0.1, -0.05) is 12.1 Å². The molecular formula is C19H22FN3O. The molecule has 2 aromatic rings. The monoisotopic (exact) mass is 327 g/mol. The quantitative estimate of drug-likeness (QED) is 0.869. The molecule has 126 valence electrons. The van der Waals surface area contributed by atoms with E-state index < -0.39 is 5.54 Å². The molecule has 2 heterocycles. The predicted molar refractivity (Wildman–Crippen MR) is 89.9 cm³/mol. The van der Waals surface area contributed by atoms with Crippen molar-refractivity contribution in [1.82, 2.24) is 14.9 Å². The van der Waals surface area contributed by atoms with Gasteiger partial charge in [0.25, 0.3) is 0 Å². The molecule has 0 saturated carbocycles. The number of nitrogens with zero attached hydrogens (tertiary/aromatic N) is 3. The first-order valence-electron chi connectivity index (χ1n) is 8.26. The Morgan fingerprint density at radius 2 is 1.83 bits per heavy atom. The molecule has 0 aliphatic carbocycles. The summed E-state index contributed by atoms with van der Waals surface area (Å²) in [4.78, 5) is 23.9. The Morgan fingerprint density at radius 1 is 1.21 bits per heavy atom. The topological polar surface area (TPSA) is 46.1 Å². The zero-order valence-corrected chi connectivity index (χ0v) is 14.3. The van der Waals surface area contributed by atoms with E-state index in [4.69, 9.17) is 0 Å². The van der Waals surface area contributed by atoms with Gasteiger partial charge in [0, 0.05) is 17.9 Å². The van der Waals surface area contributed by atoms with E-state index in [1.165, 1.54) is 12.1 Å². The van der Waals surface area contributed by atoms with Crippen LogP contribution in [-0.4, -0.2) is 27.3 Å². The van der Waals surface area contributed by atoms with Crippen molar-refractivity contribution in [3.8, 4) is 0 Å². The lowest BCUT2D eigenvalue weighted by atomic mass is 9.96. The molecule has 0 N–H and O–H groups in total. The number of hydrogen-bond acceptors (Lipinski definition) is 3. The van der Waals surface area contributed by atoms with Gasteiger partial charge in [-0.05, 0) is 57.4 Å². The summed E-state index contributed by atoms with van der Waals surface area (Å²) in [5.41, 5.74) is 2.17. The number of hydrogen-bond donors (Lipinski definition) is 0. The van der Waals surface area contributed by atoms with Crippen LogP contribution in [0.3, 0.4) is 0 Å². The van der Waals surface area contributed by atoms with E-state index in [0.29, 0.717) is 12.4 Å². The number of carbonyl (C=O) groups excluding carboxylic acids is 1. The van der Waals surface area contributed by atoms with Gasteiger partial charge < -0.3 is 4.90 Å². The summed E-state index contributed by atoms with van der Waals surface area (Å²) in [6.45, 7) is 6.63. The van der Waals surface area contributed by atoms with Crippen molar-refractivity contribution in [3.63, 3.8) is 0 Å². The third kappa shape index (κ3) is 3.16. The van der Waals surface area contributed by atoms with Gasteiger partial charge >= 0.3 is 0 Å². The number of carbonyl (C=O) groups is 1. The first-order chi connectivity index (χ1) is 11.4. The molecule has 1 aromatic carbocycles. The molecule has 0 spiro atoms. The van der Waals surface area contributed by atoms with Gasteiger partial charge in [0.05, 0.1) is 12.0 Å². The number of rotatable bonds is 3. The number of halogens is 1. The number of benzene rings is 1. The van der Waals surface area contributed by atoms with Crippen molar-refractivity contribution in [2.75, 3.05) is 6.54 Å². The van der Waals surface area contributed by atoms with Crippen LogP contribution >= 0.6 is 0 Å². The third-order valence-electron chi connectivity index (χ3n) is 4.67. The molecule has 24 heavy (non-hydrogen) atoms. The molecule has 1 aliphatic heterocycles. The lowest BCUT2D eigenvalue weighted by molar-refractivity contribution is -0.134. The second-order valence-corrected chi connectivity index (χ2v) is 6.70. The molecule has 1 aliphatic rings. The summed E-state index contributed by atoms with van der Waals surface area (Å²) in [6, 6.07) is 8.03. The Morgan fingerprint density at radius 3 is 2.46 bits per heavy atom. The van der Waals surface area contributed by atoms with Crippen LogP contribution < -0.4 is 0 Å². The molecular weight excluding hydrogens is 305 g/mol. The first-order valence-corrected chi connectivity index (χ1v) is 8.26. The molecule has 1 aromatic heterocycles. The van der Waals surface area contributed by atoms with Crippen molar-refractivity contribution in [3.05, 3.63) is 58.9 Å². The summed E-state index contributed by atoms with van der Waals surface area (Å²) in [6.07, 6.45) is 2.05. The second-order valence-electron chi connectivity index (χ2n) is 6.70. The zero-order chi connectivity index (χ0) is 17.3. The van der Waals surface area contributed by atoms with Crippen LogP contribution in [0.1, 0.15) is 42.5 Å². The van der Waals surface area contributed by atoms with Crippen molar-refractivity contribution >= 4 is 5.91 Å². The van der Waals surface area contributed by atoms with Gasteiger partial charge in [0.15, 0.2) is 5.82 Å². The van der Waals surface area contributed by atoms with Crippen molar-refractivity contribution in [1.29, 1.82) is 0 Å². The summed E-state index contributed by atoms with van der Waals surface area (Å²) in [7, 11) is 0. The molecule has 1 saturated heterocycles. The number of aromatic nitrogens is 2. The summed E-state index contributed by atoms with van der Waals surface area (Å²) in [5.74, 6) is 0.454. The Kier molecular flexibility index (Phi) is 4.35. The molecule has 0 radical (unpaired) electrons. The average Bonchev–Trinajstić information content (AvgIpc) is 2.92. The average molecular weight is 327 g/mol. The molecule has 0 bridgehead atoms. The van der Waals surface area contributed by atoms with E-state index in [1.807, 2.05) is 31.7 Å². The molecule has 1 unspecified atom stereocenters. The van der Waals surface area contributed by atoms with Crippen LogP contribution in [0.5, 0.6) is 0 Å². The van der Waals surface area contributed by atoms with E-state index in [9.17, 15) is 9.18 Å². The fourth-order valence-electron chi connectivity index (χ4n) is 3.43. The van der Waals surface area contributed by atoms with Gasteiger partial charge in [0.2, 0.25) is 5.91 Å². The zero-order valence-electron chi connectivity index (χ0n) is 14.3. The minimum atomic E-state index is -0.478. The summed E-state index contributed by atoms with van der Waals surface area (Å²) < 4.78 is 13.0. The van der Waals surface area contributed by atoms with Gasteiger partial charge in [-0.25, -0.2) is 14.4 Å². The molecule has 3 rings (SSSR count). The van der Waals surface area contributed by atoms with Gasteiger partial charge in [0.1, 0.15) is 5.82 Å². The van der Waals surface area contributed by atoms with Crippen LogP contribution in [0, 0.1) is 19.7 Å². The Balaban J connectivity index is 1.86. The van der Waals surface area contributed by atoms with Crippen molar-refractivity contribution < 1.29 is 9.18 Å². The first kappa shape index (κ1) is 16.6. The normalized spacial score (nSPS) is 20.4. The number of aryl methyl sites for hydroxylation is 2. The van der Waals surface area contributed by atoms with E-state index in [-0.39, 0.29) is 18.1 Å². The van der Waals surface area contributed by atoms with Crippen LogP contribution in [-0.2, 0) is 16.8 Å². The fraction of sp³-hybridized carbons (Fsp3) is 0.421. The maximum absolute atomic E-state index is 13.0. The lowest BCUT2D eigenvalue weighted by Gasteiger charge is -2.34. The molecule has 1 fully saturated rings. The summed E-state index contributed by atoms with van der Waals surface area (Å²) in [5, 5.41) is 0. The summed E-state index contributed by atoms with van der Waals surface area (Å²) >= 11 is 0. The SMILES string of the molecule is Cc1cc(C)nc(C2(C)CCCN2C(=O)Cc2ccc(F)cc2)n1. The van der Waals surface area contributed by atoms with E-state index in [1.54, 1.807) is 12.1 Å². The Labute approximate surface area is 141 Å². The highest BCUT2D eigenvalue weighted by Crippen LogP contribution is 2.37. The molecule has 1 atom stereocenters. The lowest BCUT2D eigenvalue weighted by Crippen LogP contribution is -2.45. The van der Waals surface area contributed by atoms with E-state index >= 15 is 0 Å². The van der Waals surface area contributed by atoms with Crippen LogP contribution in [0.4, 0.5) is 4.39 Å². The predicted octanol–water partition coefficient (Wildman–Crippen LogP) is 3.31. The van der Waals surface area contributed by atoms with Crippen LogP contribution in [0.2, 0.25) is 0 Å². The van der Waals surface area contributed by atoms with Crippen LogP contribution in [0.25, 0.3) is 0 Å². The molecule has 4 nitrogen and oxygen atoms in total. The Hall–Kier alpha value is -2.30. The van der Waals surface area contributed by atoms with Crippen molar-refractivity contribution in [2.24, 2.45) is 0 Å². The number of amides is 1. The second kappa shape index (κ2) is 6.30. The number of likely N-dealkylation sites (tertiary alicyclic amines) is 1. The maximum Gasteiger partial charge on any atom is 0.227 e. The highest BCUT2D eigenvalue weighted by molar-refractivity contribution is 5.80. The van der Waals surface area contributed by atoms with Gasteiger partial charge in [-0.3, -0.25) is 4.79 Å². The maximum atomic E-state index is 13.0. The minimum absolute atomic E-state index is 0.0318. The third-order valence-corrected chi connectivity index (χ3v) is 4.67. The minimum Gasteiger partial charge on any atom is -0.330 e.